The summed E-state index contributed by atoms with van der Waals surface area (Å²) in [6.45, 7) is 0.387. The Kier molecular flexibility index (Phi) is 4.33. The molecule has 2 aromatic heterocycles. The van der Waals surface area contributed by atoms with E-state index in [2.05, 4.69) is 25.6 Å². The molecule has 4 rings (SSSR count). The molecule has 2 aliphatic heterocycles. The molecule has 0 aliphatic carbocycles. The summed E-state index contributed by atoms with van der Waals surface area (Å²) < 4.78 is 13.8. The first-order chi connectivity index (χ1) is 13.1. The molecule has 2 aliphatic rings. The molecule has 0 radical (unpaired) electrons. The molecule has 2 amide bonds. The molecule has 9 heteroatoms. The molecule has 1 atom stereocenters. The summed E-state index contributed by atoms with van der Waals surface area (Å²) in [4.78, 5) is 38.1. The number of pyridine rings is 1. The summed E-state index contributed by atoms with van der Waals surface area (Å²) in [6.07, 6.45) is 7.95. The lowest BCUT2D eigenvalue weighted by molar-refractivity contribution is -0.131. The van der Waals surface area contributed by atoms with Gasteiger partial charge in [-0.3, -0.25) is 14.5 Å². The molecule has 27 heavy (non-hydrogen) atoms. The van der Waals surface area contributed by atoms with Gasteiger partial charge in [-0.1, -0.05) is 6.08 Å². The smallest absolute Gasteiger partial charge is 0.260 e. The van der Waals surface area contributed by atoms with Gasteiger partial charge >= 0.3 is 0 Å². The zero-order valence-electron chi connectivity index (χ0n) is 14.1. The number of fused-ring (bicyclic) bond motifs is 1. The fourth-order valence-corrected chi connectivity index (χ4v) is 3.01. The number of halogens is 1. The van der Waals surface area contributed by atoms with Crippen molar-refractivity contribution in [2.75, 3.05) is 6.54 Å². The molecular weight excluding hydrogens is 351 g/mol. The first-order valence-corrected chi connectivity index (χ1v) is 8.29. The Morgan fingerprint density at radius 2 is 2.19 bits per heavy atom. The van der Waals surface area contributed by atoms with Crippen molar-refractivity contribution in [1.82, 2.24) is 30.5 Å². The number of amides is 2. The highest BCUT2D eigenvalue weighted by Gasteiger charge is 2.33. The number of rotatable bonds is 3. The maximum Gasteiger partial charge on any atom is 0.260 e. The van der Waals surface area contributed by atoms with E-state index in [4.69, 9.17) is 0 Å². The third kappa shape index (κ3) is 3.26. The highest BCUT2D eigenvalue weighted by molar-refractivity contribution is 5.95. The molecule has 136 valence electrons. The first-order valence-electron chi connectivity index (χ1n) is 8.29. The molecular formula is C18H15FN6O2. The molecule has 8 nitrogen and oxygen atoms in total. The van der Waals surface area contributed by atoms with E-state index in [1.807, 2.05) is 0 Å². The predicted octanol–water partition coefficient (Wildman–Crippen LogP) is 1.04. The van der Waals surface area contributed by atoms with Crippen LogP contribution in [0, 0.1) is 5.95 Å². The lowest BCUT2D eigenvalue weighted by Gasteiger charge is -2.37. The van der Waals surface area contributed by atoms with Crippen LogP contribution in [0.2, 0.25) is 0 Å². The van der Waals surface area contributed by atoms with Crippen LogP contribution >= 0.6 is 0 Å². The minimum atomic E-state index is -0.858. The van der Waals surface area contributed by atoms with Crippen molar-refractivity contribution in [2.45, 2.75) is 12.5 Å². The van der Waals surface area contributed by atoms with Crippen molar-refractivity contribution in [3.05, 3.63) is 77.8 Å². The number of hydrogen-bond acceptors (Lipinski definition) is 6. The minimum Gasteiger partial charge on any atom is -0.361 e. The highest BCUT2D eigenvalue weighted by atomic mass is 19.1. The Hall–Kier alpha value is -3.62. The molecule has 2 aromatic rings. The number of allylic oxidation sites excluding steroid dienone is 1. The third-order valence-electron chi connectivity index (χ3n) is 4.30. The van der Waals surface area contributed by atoms with Gasteiger partial charge in [0.15, 0.2) is 0 Å². The average Bonchev–Trinajstić information content (AvgIpc) is 2.69. The zero-order valence-corrected chi connectivity index (χ0v) is 14.1. The van der Waals surface area contributed by atoms with Crippen LogP contribution in [0.3, 0.4) is 0 Å². The fraction of sp³-hybridized carbons (Fsp3) is 0.167. The minimum absolute atomic E-state index is 0.101. The van der Waals surface area contributed by atoms with Gasteiger partial charge in [0.2, 0.25) is 11.9 Å². The van der Waals surface area contributed by atoms with E-state index >= 15 is 0 Å². The molecule has 0 saturated carbocycles. The number of hydrogen-bond donors (Lipinski definition) is 2. The Labute approximate surface area is 153 Å². The largest absolute Gasteiger partial charge is 0.361 e. The topological polar surface area (TPSA) is 100 Å². The van der Waals surface area contributed by atoms with E-state index in [-0.39, 0.29) is 23.9 Å². The average molecular weight is 366 g/mol. The van der Waals surface area contributed by atoms with E-state index < -0.39 is 11.9 Å². The second-order valence-electron chi connectivity index (χ2n) is 6.00. The Morgan fingerprint density at radius 3 is 2.96 bits per heavy atom. The van der Waals surface area contributed by atoms with Crippen LogP contribution < -0.4 is 10.6 Å². The molecule has 1 saturated heterocycles. The molecule has 0 aromatic carbocycles. The van der Waals surface area contributed by atoms with Gasteiger partial charge in [0.1, 0.15) is 12.1 Å². The van der Waals surface area contributed by atoms with Gasteiger partial charge in [-0.25, -0.2) is 15.0 Å². The number of aromatic nitrogens is 3. The fourth-order valence-electron chi connectivity index (χ4n) is 3.01. The number of carbonyl (C=O) groups is 2. The summed E-state index contributed by atoms with van der Waals surface area (Å²) in [5.74, 6) is -1.15. The number of nitrogens with one attached hydrogen (secondary N) is 2. The quantitative estimate of drug-likeness (QED) is 0.788. The van der Waals surface area contributed by atoms with Crippen molar-refractivity contribution >= 4 is 11.8 Å². The van der Waals surface area contributed by atoms with Crippen LogP contribution in [0.15, 0.2) is 60.6 Å². The van der Waals surface area contributed by atoms with Gasteiger partial charge in [-0.2, -0.15) is 4.39 Å². The monoisotopic (exact) mass is 366 g/mol. The molecule has 1 unspecified atom stereocenters. The highest BCUT2D eigenvalue weighted by Crippen LogP contribution is 2.27. The maximum atomic E-state index is 13.8. The summed E-state index contributed by atoms with van der Waals surface area (Å²) in [6, 6.07) is 4.20. The van der Waals surface area contributed by atoms with Crippen LogP contribution in [0.25, 0.3) is 0 Å². The molecule has 1 fully saturated rings. The standard InChI is InChI=1S/C18H15FN6O2/c19-16-11(3-1-6-21-16)18(27)24-13-4-2-8-25-15(26)9-14(23-17(13)25)12-5-7-20-10-22-12/h1-7,10,14,23H,8-9H2,(H,24,27). The molecule has 2 N–H and O–H groups in total. The number of carbonyl (C=O) groups excluding carboxylic acids is 2. The van der Waals surface area contributed by atoms with Crippen LogP contribution in [-0.4, -0.2) is 38.2 Å². The van der Waals surface area contributed by atoms with Gasteiger partial charge in [0.25, 0.3) is 5.91 Å². The lowest BCUT2D eigenvalue weighted by atomic mass is 10.0. The van der Waals surface area contributed by atoms with E-state index in [0.29, 0.717) is 23.8 Å². The predicted molar refractivity (Wildman–Crippen MR) is 92.1 cm³/mol. The Balaban J connectivity index is 1.64. The van der Waals surface area contributed by atoms with Crippen LogP contribution in [0.1, 0.15) is 28.5 Å². The van der Waals surface area contributed by atoms with Crippen LogP contribution in [-0.2, 0) is 4.79 Å². The SMILES string of the molecule is O=C(NC1=C2NC(c3ccncn3)CC(=O)N2CC=C1)c1cccnc1F. The number of nitrogens with zero attached hydrogens (tertiary/aromatic N) is 4. The van der Waals surface area contributed by atoms with E-state index in [0.717, 1.165) is 0 Å². The van der Waals surface area contributed by atoms with E-state index in [9.17, 15) is 14.0 Å². The molecule has 0 bridgehead atoms. The van der Waals surface area contributed by atoms with Crippen molar-refractivity contribution in [1.29, 1.82) is 0 Å². The first kappa shape index (κ1) is 16.8. The second kappa shape index (κ2) is 6.94. The lowest BCUT2D eigenvalue weighted by Crippen LogP contribution is -2.48. The van der Waals surface area contributed by atoms with Gasteiger partial charge in [-0.05, 0) is 24.3 Å². The van der Waals surface area contributed by atoms with Gasteiger partial charge in [0, 0.05) is 18.9 Å². The summed E-state index contributed by atoms with van der Waals surface area (Å²) >= 11 is 0. The zero-order chi connectivity index (χ0) is 18.8. The van der Waals surface area contributed by atoms with Gasteiger partial charge < -0.3 is 10.6 Å². The van der Waals surface area contributed by atoms with Crippen molar-refractivity contribution in [3.8, 4) is 0 Å². The third-order valence-corrected chi connectivity index (χ3v) is 4.30. The molecule has 4 heterocycles. The van der Waals surface area contributed by atoms with Crippen molar-refractivity contribution in [2.24, 2.45) is 0 Å². The van der Waals surface area contributed by atoms with Crippen LogP contribution in [0.4, 0.5) is 4.39 Å². The second-order valence-corrected chi connectivity index (χ2v) is 6.00. The molecule has 0 spiro atoms. The van der Waals surface area contributed by atoms with E-state index in [1.165, 1.54) is 29.6 Å². The maximum absolute atomic E-state index is 13.8. The van der Waals surface area contributed by atoms with E-state index in [1.54, 1.807) is 24.4 Å². The van der Waals surface area contributed by atoms with Gasteiger partial charge in [-0.15, -0.1) is 0 Å². The van der Waals surface area contributed by atoms with Crippen LogP contribution in [0.5, 0.6) is 0 Å². The van der Waals surface area contributed by atoms with Crippen molar-refractivity contribution < 1.29 is 14.0 Å². The summed E-state index contributed by atoms with van der Waals surface area (Å²) in [5, 5.41) is 5.90. The Bertz CT molecular complexity index is 959. The van der Waals surface area contributed by atoms with Gasteiger partial charge in [0.05, 0.1) is 29.4 Å². The summed E-state index contributed by atoms with van der Waals surface area (Å²) in [7, 11) is 0. The Morgan fingerprint density at radius 1 is 1.30 bits per heavy atom. The normalized spacial score (nSPS) is 18.8. The summed E-state index contributed by atoms with van der Waals surface area (Å²) in [5.41, 5.74) is 0.872. The van der Waals surface area contributed by atoms with Crippen molar-refractivity contribution in [3.63, 3.8) is 0 Å².